The highest BCUT2D eigenvalue weighted by atomic mass is 16.5. The highest BCUT2D eigenvalue weighted by molar-refractivity contribution is 5.48. The number of piperidine rings is 1. The summed E-state index contributed by atoms with van der Waals surface area (Å²) in [4.78, 5) is 2.40. The minimum Gasteiger partial charge on any atom is -0.378 e. The minimum atomic E-state index is 0.567. The van der Waals surface area contributed by atoms with Gasteiger partial charge in [-0.25, -0.2) is 0 Å². The lowest BCUT2D eigenvalue weighted by Gasteiger charge is -2.29. The second kappa shape index (κ2) is 5.72. The topological polar surface area (TPSA) is 24.5 Å². The van der Waals surface area contributed by atoms with Gasteiger partial charge in [-0.1, -0.05) is 18.6 Å². The van der Waals surface area contributed by atoms with E-state index in [1.165, 1.54) is 30.5 Å². The maximum Gasteiger partial charge on any atom is 0.0642 e. The van der Waals surface area contributed by atoms with Crippen LogP contribution in [0.5, 0.6) is 0 Å². The summed E-state index contributed by atoms with van der Waals surface area (Å²) in [5, 5.41) is 3.60. The van der Waals surface area contributed by atoms with Crippen LogP contribution >= 0.6 is 0 Å². The predicted octanol–water partition coefficient (Wildman–Crippen LogP) is 2.34. The van der Waals surface area contributed by atoms with Crippen LogP contribution < -0.4 is 10.2 Å². The molecule has 98 valence electrons. The van der Waals surface area contributed by atoms with Gasteiger partial charge < -0.3 is 15.0 Å². The predicted molar refractivity (Wildman–Crippen MR) is 74.1 cm³/mol. The molecular formula is C15H22N2O. The van der Waals surface area contributed by atoms with E-state index in [0.29, 0.717) is 6.04 Å². The van der Waals surface area contributed by atoms with E-state index in [-0.39, 0.29) is 0 Å². The van der Waals surface area contributed by atoms with E-state index >= 15 is 0 Å². The lowest BCUT2D eigenvalue weighted by molar-refractivity contribution is 0.122. The van der Waals surface area contributed by atoms with Gasteiger partial charge >= 0.3 is 0 Å². The van der Waals surface area contributed by atoms with Crippen molar-refractivity contribution in [3.63, 3.8) is 0 Å². The summed E-state index contributed by atoms with van der Waals surface area (Å²) < 4.78 is 5.39. The van der Waals surface area contributed by atoms with E-state index in [1.807, 2.05) is 0 Å². The molecule has 0 aliphatic carbocycles. The maximum absolute atomic E-state index is 5.39. The summed E-state index contributed by atoms with van der Waals surface area (Å²) in [5.41, 5.74) is 2.77. The molecule has 1 aromatic rings. The number of benzene rings is 1. The van der Waals surface area contributed by atoms with E-state index in [9.17, 15) is 0 Å². The number of morpholine rings is 1. The lowest BCUT2D eigenvalue weighted by Crippen LogP contribution is -2.36. The molecule has 1 N–H and O–H groups in total. The van der Waals surface area contributed by atoms with Crippen LogP contribution in [0, 0.1) is 0 Å². The van der Waals surface area contributed by atoms with E-state index in [1.54, 1.807) is 0 Å². The zero-order chi connectivity index (χ0) is 12.2. The van der Waals surface area contributed by atoms with E-state index in [0.717, 1.165) is 32.8 Å². The number of anilines is 1. The summed E-state index contributed by atoms with van der Waals surface area (Å²) >= 11 is 0. The summed E-state index contributed by atoms with van der Waals surface area (Å²) in [7, 11) is 0. The first-order chi connectivity index (χ1) is 8.93. The number of hydrogen-bond donors (Lipinski definition) is 1. The van der Waals surface area contributed by atoms with Crippen molar-refractivity contribution in [2.45, 2.75) is 25.3 Å². The van der Waals surface area contributed by atoms with Crippen molar-refractivity contribution >= 4 is 5.69 Å². The normalized spacial score (nSPS) is 25.1. The zero-order valence-electron chi connectivity index (χ0n) is 10.9. The first-order valence-electron chi connectivity index (χ1n) is 7.09. The number of nitrogens with zero attached hydrogens (tertiary/aromatic N) is 1. The van der Waals surface area contributed by atoms with Gasteiger partial charge in [-0.3, -0.25) is 0 Å². The SMILES string of the molecule is c1cc(N2CCOCC2)ccc1C1CCCCN1. The number of nitrogens with one attached hydrogen (secondary N) is 1. The van der Waals surface area contributed by atoms with Gasteiger partial charge in [0.15, 0.2) is 0 Å². The molecule has 0 bridgehead atoms. The molecule has 1 unspecified atom stereocenters. The van der Waals surface area contributed by atoms with Crippen molar-refractivity contribution in [1.82, 2.24) is 5.32 Å². The van der Waals surface area contributed by atoms with Crippen LogP contribution in [0.4, 0.5) is 5.69 Å². The Balaban J connectivity index is 1.67. The van der Waals surface area contributed by atoms with Gasteiger partial charge in [-0.2, -0.15) is 0 Å². The van der Waals surface area contributed by atoms with Crippen molar-refractivity contribution in [2.75, 3.05) is 37.7 Å². The van der Waals surface area contributed by atoms with Crippen LogP contribution in [0.15, 0.2) is 24.3 Å². The number of hydrogen-bond acceptors (Lipinski definition) is 3. The Morgan fingerprint density at radius 3 is 2.50 bits per heavy atom. The molecule has 2 fully saturated rings. The average molecular weight is 246 g/mol. The smallest absolute Gasteiger partial charge is 0.0642 e. The van der Waals surface area contributed by atoms with Gasteiger partial charge in [0.25, 0.3) is 0 Å². The van der Waals surface area contributed by atoms with Gasteiger partial charge in [-0.05, 0) is 37.1 Å². The van der Waals surface area contributed by atoms with E-state index in [2.05, 4.69) is 34.5 Å². The molecule has 0 spiro atoms. The van der Waals surface area contributed by atoms with Crippen LogP contribution in [0.1, 0.15) is 30.9 Å². The van der Waals surface area contributed by atoms with E-state index in [4.69, 9.17) is 4.74 Å². The van der Waals surface area contributed by atoms with Crippen LogP contribution in [-0.2, 0) is 4.74 Å². The molecule has 3 nitrogen and oxygen atoms in total. The second-order valence-corrected chi connectivity index (χ2v) is 5.19. The van der Waals surface area contributed by atoms with Crippen LogP contribution in [0.25, 0.3) is 0 Å². The van der Waals surface area contributed by atoms with E-state index < -0.39 is 0 Å². The Morgan fingerprint density at radius 1 is 1.06 bits per heavy atom. The highest BCUT2D eigenvalue weighted by Gasteiger charge is 2.15. The van der Waals surface area contributed by atoms with Crippen molar-refractivity contribution in [2.24, 2.45) is 0 Å². The van der Waals surface area contributed by atoms with Gasteiger partial charge in [-0.15, -0.1) is 0 Å². The molecule has 0 amide bonds. The minimum absolute atomic E-state index is 0.567. The molecule has 2 saturated heterocycles. The van der Waals surface area contributed by atoms with Crippen molar-refractivity contribution in [1.29, 1.82) is 0 Å². The molecule has 2 heterocycles. The molecule has 3 rings (SSSR count). The number of ether oxygens (including phenoxy) is 1. The van der Waals surface area contributed by atoms with Crippen LogP contribution in [-0.4, -0.2) is 32.8 Å². The fourth-order valence-electron chi connectivity index (χ4n) is 2.88. The second-order valence-electron chi connectivity index (χ2n) is 5.19. The Kier molecular flexibility index (Phi) is 3.81. The summed E-state index contributed by atoms with van der Waals surface area (Å²) in [5.74, 6) is 0. The molecule has 0 aromatic heterocycles. The van der Waals surface area contributed by atoms with Crippen molar-refractivity contribution in [3.8, 4) is 0 Å². The Labute approximate surface area is 109 Å². The zero-order valence-corrected chi connectivity index (χ0v) is 10.9. The largest absolute Gasteiger partial charge is 0.378 e. The van der Waals surface area contributed by atoms with Crippen LogP contribution in [0.3, 0.4) is 0 Å². The first kappa shape index (κ1) is 12.0. The van der Waals surface area contributed by atoms with Crippen LogP contribution in [0.2, 0.25) is 0 Å². The summed E-state index contributed by atoms with van der Waals surface area (Å²) in [6.45, 7) is 4.90. The third-order valence-corrected chi connectivity index (χ3v) is 3.98. The molecular weight excluding hydrogens is 224 g/mol. The molecule has 0 saturated carbocycles. The Bertz CT molecular complexity index is 328. The van der Waals surface area contributed by atoms with Crippen molar-refractivity contribution < 1.29 is 4.74 Å². The quantitative estimate of drug-likeness (QED) is 0.867. The number of rotatable bonds is 2. The molecule has 1 atom stereocenters. The summed E-state index contributed by atoms with van der Waals surface area (Å²) in [6, 6.07) is 9.66. The van der Waals surface area contributed by atoms with Gasteiger partial charge in [0, 0.05) is 24.8 Å². The Morgan fingerprint density at radius 2 is 1.83 bits per heavy atom. The summed E-state index contributed by atoms with van der Waals surface area (Å²) in [6.07, 6.45) is 3.95. The fourth-order valence-corrected chi connectivity index (χ4v) is 2.88. The Hall–Kier alpha value is -1.06. The standard InChI is InChI=1S/C15H22N2O/c1-2-8-16-15(3-1)13-4-6-14(7-5-13)17-9-11-18-12-10-17/h4-7,15-16H,1-3,8-12H2. The monoisotopic (exact) mass is 246 g/mol. The van der Waals surface area contributed by atoms with Gasteiger partial charge in [0.2, 0.25) is 0 Å². The highest BCUT2D eigenvalue weighted by Crippen LogP contribution is 2.25. The molecule has 2 aliphatic heterocycles. The van der Waals surface area contributed by atoms with Gasteiger partial charge in [0.1, 0.15) is 0 Å². The molecule has 0 radical (unpaired) electrons. The molecule has 3 heteroatoms. The fraction of sp³-hybridized carbons (Fsp3) is 0.600. The maximum atomic E-state index is 5.39. The molecule has 2 aliphatic rings. The first-order valence-corrected chi connectivity index (χ1v) is 7.09. The van der Waals surface area contributed by atoms with Gasteiger partial charge in [0.05, 0.1) is 13.2 Å². The third kappa shape index (κ3) is 2.68. The molecule has 18 heavy (non-hydrogen) atoms. The van der Waals surface area contributed by atoms with Crippen molar-refractivity contribution in [3.05, 3.63) is 29.8 Å². The lowest BCUT2D eigenvalue weighted by atomic mass is 9.97. The average Bonchev–Trinajstić information content (AvgIpc) is 2.49. The third-order valence-electron chi connectivity index (χ3n) is 3.98. The molecule has 1 aromatic carbocycles.